The highest BCUT2D eigenvalue weighted by molar-refractivity contribution is 7.80. The fourth-order valence-electron chi connectivity index (χ4n) is 1.73. The summed E-state index contributed by atoms with van der Waals surface area (Å²) in [6.07, 6.45) is 0. The number of amides is 1. The molecule has 0 heterocycles. The molecule has 0 saturated carbocycles. The SMILES string of the molecule is NC(=S)c1ccc(Cl)cc1NC(=O)c1c(Cl)cccc1Cl. The van der Waals surface area contributed by atoms with Crippen LogP contribution < -0.4 is 11.1 Å². The van der Waals surface area contributed by atoms with Crippen LogP contribution in [0.25, 0.3) is 0 Å². The summed E-state index contributed by atoms with van der Waals surface area (Å²) in [6, 6.07) is 9.63. The van der Waals surface area contributed by atoms with Gasteiger partial charge in [0.25, 0.3) is 5.91 Å². The van der Waals surface area contributed by atoms with Crippen molar-refractivity contribution in [1.29, 1.82) is 0 Å². The Morgan fingerprint density at radius 2 is 1.71 bits per heavy atom. The zero-order chi connectivity index (χ0) is 15.6. The van der Waals surface area contributed by atoms with Crippen molar-refractivity contribution < 1.29 is 4.79 Å². The van der Waals surface area contributed by atoms with Gasteiger partial charge in [0.2, 0.25) is 0 Å². The van der Waals surface area contributed by atoms with E-state index in [4.69, 9.17) is 52.8 Å². The summed E-state index contributed by atoms with van der Waals surface area (Å²) >= 11 is 22.9. The molecule has 7 heteroatoms. The van der Waals surface area contributed by atoms with Gasteiger partial charge in [-0.05, 0) is 30.3 Å². The number of carbonyl (C=O) groups excluding carboxylic acids is 1. The van der Waals surface area contributed by atoms with Crippen LogP contribution in [-0.2, 0) is 0 Å². The van der Waals surface area contributed by atoms with E-state index in [1.54, 1.807) is 36.4 Å². The molecule has 0 unspecified atom stereocenters. The molecule has 108 valence electrons. The van der Waals surface area contributed by atoms with Gasteiger partial charge >= 0.3 is 0 Å². The molecule has 0 aliphatic rings. The summed E-state index contributed by atoms with van der Waals surface area (Å²) in [7, 11) is 0. The normalized spacial score (nSPS) is 10.2. The molecule has 2 rings (SSSR count). The third kappa shape index (κ3) is 3.66. The van der Waals surface area contributed by atoms with Crippen LogP contribution in [0.3, 0.4) is 0 Å². The van der Waals surface area contributed by atoms with Gasteiger partial charge in [-0.3, -0.25) is 4.79 Å². The molecular formula is C14H9Cl3N2OS. The van der Waals surface area contributed by atoms with Crippen molar-refractivity contribution >= 4 is 63.6 Å². The standard InChI is InChI=1S/C14H9Cl3N2OS/c15-7-4-5-8(13(18)21)11(6-7)19-14(20)12-9(16)2-1-3-10(12)17/h1-6H,(H2,18,21)(H,19,20). The van der Waals surface area contributed by atoms with Crippen LogP contribution in [0.2, 0.25) is 15.1 Å². The molecule has 21 heavy (non-hydrogen) atoms. The number of hydrogen-bond donors (Lipinski definition) is 2. The fraction of sp³-hybridized carbons (Fsp3) is 0. The fourth-order valence-corrected chi connectivity index (χ4v) is 2.65. The number of thiocarbonyl (C=S) groups is 1. The van der Waals surface area contributed by atoms with E-state index in [0.717, 1.165) is 0 Å². The van der Waals surface area contributed by atoms with Crippen LogP contribution >= 0.6 is 47.0 Å². The highest BCUT2D eigenvalue weighted by atomic mass is 35.5. The average molecular weight is 360 g/mol. The van der Waals surface area contributed by atoms with Crippen LogP contribution in [0.1, 0.15) is 15.9 Å². The van der Waals surface area contributed by atoms with Gasteiger partial charge in [0.05, 0.1) is 21.3 Å². The molecule has 2 aromatic rings. The monoisotopic (exact) mass is 358 g/mol. The second-order valence-electron chi connectivity index (χ2n) is 4.10. The van der Waals surface area contributed by atoms with Crippen molar-refractivity contribution in [2.24, 2.45) is 5.73 Å². The molecule has 0 bridgehead atoms. The van der Waals surface area contributed by atoms with Gasteiger partial charge in [0.15, 0.2) is 0 Å². The predicted molar refractivity (Wildman–Crippen MR) is 91.8 cm³/mol. The third-order valence-corrected chi connectivity index (χ3v) is 3.77. The molecule has 0 aliphatic heterocycles. The Labute approximate surface area is 142 Å². The maximum absolute atomic E-state index is 12.3. The van der Waals surface area contributed by atoms with E-state index in [1.165, 1.54) is 0 Å². The summed E-state index contributed by atoms with van der Waals surface area (Å²) in [5.74, 6) is -0.467. The number of nitrogens with two attached hydrogens (primary N) is 1. The van der Waals surface area contributed by atoms with E-state index >= 15 is 0 Å². The molecule has 0 aliphatic carbocycles. The summed E-state index contributed by atoms with van der Waals surface area (Å²) < 4.78 is 0. The maximum Gasteiger partial charge on any atom is 0.258 e. The number of anilines is 1. The lowest BCUT2D eigenvalue weighted by atomic mass is 10.1. The average Bonchev–Trinajstić information content (AvgIpc) is 2.38. The Balaban J connectivity index is 2.40. The van der Waals surface area contributed by atoms with Crippen LogP contribution in [-0.4, -0.2) is 10.9 Å². The first kappa shape index (κ1) is 16.0. The molecule has 0 fully saturated rings. The second kappa shape index (κ2) is 6.62. The minimum absolute atomic E-state index is 0.146. The zero-order valence-electron chi connectivity index (χ0n) is 10.5. The lowest BCUT2D eigenvalue weighted by Gasteiger charge is -2.12. The molecule has 0 aromatic heterocycles. The van der Waals surface area contributed by atoms with E-state index in [0.29, 0.717) is 16.3 Å². The van der Waals surface area contributed by atoms with E-state index in [1.807, 2.05) is 0 Å². The Morgan fingerprint density at radius 1 is 1.10 bits per heavy atom. The van der Waals surface area contributed by atoms with Crippen LogP contribution in [0.4, 0.5) is 5.69 Å². The molecule has 0 atom stereocenters. The quantitative estimate of drug-likeness (QED) is 0.791. The first-order chi connectivity index (χ1) is 9.90. The molecule has 1 amide bonds. The molecular weight excluding hydrogens is 351 g/mol. The topological polar surface area (TPSA) is 55.1 Å². The van der Waals surface area contributed by atoms with Crippen LogP contribution in [0.5, 0.6) is 0 Å². The van der Waals surface area contributed by atoms with Gasteiger partial charge in [-0.1, -0.05) is 53.1 Å². The molecule has 0 spiro atoms. The molecule has 0 radical (unpaired) electrons. The second-order valence-corrected chi connectivity index (χ2v) is 5.80. The van der Waals surface area contributed by atoms with Crippen molar-refractivity contribution in [3.05, 3.63) is 62.6 Å². The highest BCUT2D eigenvalue weighted by Gasteiger charge is 2.16. The highest BCUT2D eigenvalue weighted by Crippen LogP contribution is 2.27. The minimum atomic E-state index is -0.467. The zero-order valence-corrected chi connectivity index (χ0v) is 13.6. The number of carbonyl (C=O) groups is 1. The Kier molecular flexibility index (Phi) is 5.06. The summed E-state index contributed by atoms with van der Waals surface area (Å²) in [6.45, 7) is 0. The summed E-state index contributed by atoms with van der Waals surface area (Å²) in [5, 5.41) is 3.61. The Bertz CT molecular complexity index is 714. The predicted octanol–water partition coefficient (Wildman–Crippen LogP) is 4.53. The van der Waals surface area contributed by atoms with Crippen molar-refractivity contribution in [2.45, 2.75) is 0 Å². The minimum Gasteiger partial charge on any atom is -0.389 e. The molecule has 3 N–H and O–H groups in total. The van der Waals surface area contributed by atoms with Gasteiger partial charge < -0.3 is 11.1 Å². The van der Waals surface area contributed by atoms with Crippen molar-refractivity contribution in [3.8, 4) is 0 Å². The lowest BCUT2D eigenvalue weighted by Crippen LogP contribution is -2.18. The maximum atomic E-state index is 12.3. The number of halogens is 3. The van der Waals surface area contributed by atoms with Crippen molar-refractivity contribution in [3.63, 3.8) is 0 Å². The van der Waals surface area contributed by atoms with E-state index < -0.39 is 5.91 Å². The number of nitrogens with one attached hydrogen (secondary N) is 1. The van der Waals surface area contributed by atoms with Gasteiger partial charge in [0, 0.05) is 10.6 Å². The lowest BCUT2D eigenvalue weighted by molar-refractivity contribution is 0.102. The Morgan fingerprint density at radius 3 is 2.29 bits per heavy atom. The van der Waals surface area contributed by atoms with Gasteiger partial charge in [-0.2, -0.15) is 0 Å². The largest absolute Gasteiger partial charge is 0.389 e. The molecule has 3 nitrogen and oxygen atoms in total. The molecule has 0 saturated heterocycles. The summed E-state index contributed by atoms with van der Waals surface area (Å²) in [4.78, 5) is 12.5. The van der Waals surface area contributed by atoms with Crippen molar-refractivity contribution in [2.75, 3.05) is 5.32 Å². The Hall–Kier alpha value is -1.33. The number of rotatable bonds is 3. The van der Waals surface area contributed by atoms with E-state index in [-0.39, 0.29) is 20.6 Å². The number of hydrogen-bond acceptors (Lipinski definition) is 2. The van der Waals surface area contributed by atoms with E-state index in [2.05, 4.69) is 5.32 Å². The first-order valence-electron chi connectivity index (χ1n) is 5.75. The van der Waals surface area contributed by atoms with Crippen LogP contribution in [0, 0.1) is 0 Å². The molecule has 2 aromatic carbocycles. The number of benzene rings is 2. The van der Waals surface area contributed by atoms with E-state index in [9.17, 15) is 4.79 Å². The van der Waals surface area contributed by atoms with Gasteiger partial charge in [-0.15, -0.1) is 0 Å². The summed E-state index contributed by atoms with van der Waals surface area (Å²) in [5.41, 5.74) is 6.70. The van der Waals surface area contributed by atoms with Crippen LogP contribution in [0.15, 0.2) is 36.4 Å². The van der Waals surface area contributed by atoms with Gasteiger partial charge in [0.1, 0.15) is 4.99 Å². The first-order valence-corrected chi connectivity index (χ1v) is 7.29. The van der Waals surface area contributed by atoms with Crippen molar-refractivity contribution in [1.82, 2.24) is 0 Å². The third-order valence-electron chi connectivity index (χ3n) is 2.69. The smallest absolute Gasteiger partial charge is 0.258 e. The van der Waals surface area contributed by atoms with Gasteiger partial charge in [-0.25, -0.2) is 0 Å².